The van der Waals surface area contributed by atoms with E-state index in [9.17, 15) is 19.2 Å². The first kappa shape index (κ1) is 32.2. The summed E-state index contributed by atoms with van der Waals surface area (Å²) in [5.74, 6) is 0.325. The van der Waals surface area contributed by atoms with Crippen molar-refractivity contribution in [3.8, 4) is 34.8 Å². The number of Topliss-reactive ketones (excluding diaryl/α,β-unsaturated/α-hetero) is 2. The van der Waals surface area contributed by atoms with Crippen molar-refractivity contribution in [2.45, 2.75) is 25.7 Å². The van der Waals surface area contributed by atoms with Gasteiger partial charge in [-0.15, -0.1) is 22.7 Å². The third kappa shape index (κ3) is 7.24. The van der Waals surface area contributed by atoms with Crippen molar-refractivity contribution in [3.05, 3.63) is 45.7 Å². The first-order valence-corrected chi connectivity index (χ1v) is 14.5. The van der Waals surface area contributed by atoms with Gasteiger partial charge in [-0.3, -0.25) is 19.2 Å². The Balaban J connectivity index is 1.44. The van der Waals surface area contributed by atoms with Gasteiger partial charge in [-0.2, -0.15) is 0 Å². The highest BCUT2D eigenvalue weighted by Gasteiger charge is 2.22. The van der Waals surface area contributed by atoms with Crippen molar-refractivity contribution in [3.63, 3.8) is 0 Å². The number of thiophene rings is 2. The number of ether oxygens (including phenoxy) is 4. The number of carboxylic acids is 2. The molecule has 0 radical (unpaired) electrons. The monoisotopic (exact) mass is 646 g/mol. The molecule has 4 aromatic rings. The van der Waals surface area contributed by atoms with Crippen LogP contribution >= 0.6 is 22.7 Å². The lowest BCUT2D eigenvalue weighted by Gasteiger charge is -2.11. The average molecular weight is 647 g/mol. The fourth-order valence-electron chi connectivity index (χ4n) is 4.05. The van der Waals surface area contributed by atoms with Gasteiger partial charge >= 0.3 is 11.9 Å². The quantitative estimate of drug-likeness (QED) is 0.124. The van der Waals surface area contributed by atoms with Crippen molar-refractivity contribution in [1.82, 2.24) is 0 Å². The second-order valence-corrected chi connectivity index (χ2v) is 11.2. The zero-order chi connectivity index (χ0) is 32.0. The highest BCUT2D eigenvalue weighted by atomic mass is 32.1. The van der Waals surface area contributed by atoms with Crippen LogP contribution in [0.1, 0.15) is 45.0 Å². The Morgan fingerprint density at radius 1 is 0.682 bits per heavy atom. The molecule has 0 bridgehead atoms. The van der Waals surface area contributed by atoms with Gasteiger partial charge in [0.1, 0.15) is 13.2 Å². The Bertz CT molecular complexity index is 1700. The molecule has 0 aliphatic carbocycles. The van der Waals surface area contributed by atoms with E-state index in [0.717, 1.165) is 22.7 Å². The number of carbonyl (C=O) groups excluding carboxylic acids is 2. The highest BCUT2D eigenvalue weighted by molar-refractivity contribution is 7.21. The Morgan fingerprint density at radius 2 is 1.07 bits per heavy atom. The number of carboxylic acid groups (broad SMARTS) is 2. The molecule has 0 saturated heterocycles. The molecule has 0 saturated carbocycles. The number of ketones is 2. The van der Waals surface area contributed by atoms with Gasteiger partial charge in [-0.05, 0) is 12.1 Å². The fraction of sp³-hybridized carbons (Fsp3) is 0.267. The average Bonchev–Trinajstić information content (AvgIpc) is 3.63. The van der Waals surface area contributed by atoms with Gasteiger partial charge in [-0.1, -0.05) is 11.8 Å². The molecule has 44 heavy (non-hydrogen) atoms. The first-order valence-electron chi connectivity index (χ1n) is 12.8. The molecule has 0 amide bonds. The van der Waals surface area contributed by atoms with Crippen molar-refractivity contribution in [2.75, 3.05) is 27.4 Å². The van der Waals surface area contributed by atoms with Crippen LogP contribution in [0.2, 0.25) is 0 Å². The van der Waals surface area contributed by atoms with Crippen LogP contribution in [0.3, 0.4) is 0 Å². The number of rotatable bonds is 14. The molecule has 2 aromatic heterocycles. The minimum Gasteiger partial charge on any atom is -0.493 e. The van der Waals surface area contributed by atoms with Crippen molar-refractivity contribution in [2.24, 2.45) is 0 Å². The van der Waals surface area contributed by atoms with Crippen molar-refractivity contribution >= 4 is 66.4 Å². The van der Waals surface area contributed by atoms with Gasteiger partial charge in [0, 0.05) is 45.1 Å². The van der Waals surface area contributed by atoms with Crippen LogP contribution in [0.25, 0.3) is 20.2 Å². The van der Waals surface area contributed by atoms with E-state index >= 15 is 8.78 Å². The van der Waals surface area contributed by atoms with Crippen LogP contribution in [-0.2, 0) is 9.59 Å². The van der Waals surface area contributed by atoms with Crippen LogP contribution < -0.4 is 18.9 Å². The van der Waals surface area contributed by atoms with E-state index in [4.69, 9.17) is 29.2 Å². The van der Waals surface area contributed by atoms with Crippen molar-refractivity contribution < 1.29 is 57.1 Å². The maximum Gasteiger partial charge on any atom is 0.303 e. The molecule has 230 valence electrons. The molecule has 10 nitrogen and oxygen atoms in total. The highest BCUT2D eigenvalue weighted by Crippen LogP contribution is 2.41. The summed E-state index contributed by atoms with van der Waals surface area (Å²) in [7, 11) is 2.64. The maximum atomic E-state index is 15.3. The second kappa shape index (κ2) is 14.2. The van der Waals surface area contributed by atoms with E-state index < -0.39 is 35.1 Å². The Kier molecular flexibility index (Phi) is 10.4. The van der Waals surface area contributed by atoms with Crippen LogP contribution in [0, 0.1) is 23.5 Å². The lowest BCUT2D eigenvalue weighted by molar-refractivity contribution is -0.137. The largest absolute Gasteiger partial charge is 0.493 e. The van der Waals surface area contributed by atoms with Gasteiger partial charge in [0.05, 0.1) is 36.8 Å². The number of aliphatic carboxylic acids is 2. The normalized spacial score (nSPS) is 10.7. The van der Waals surface area contributed by atoms with Gasteiger partial charge in [-0.25, -0.2) is 8.78 Å². The lowest BCUT2D eigenvalue weighted by Crippen LogP contribution is -2.02. The summed E-state index contributed by atoms with van der Waals surface area (Å²) >= 11 is 2.02. The number of halogens is 2. The Labute approximate surface area is 256 Å². The molecule has 0 unspecified atom stereocenters. The molecule has 2 aromatic carbocycles. The lowest BCUT2D eigenvalue weighted by atomic mass is 10.1. The number of benzene rings is 2. The number of methoxy groups -OCH3 is 2. The molecule has 0 aliphatic rings. The summed E-state index contributed by atoms with van der Waals surface area (Å²) in [5.41, 5.74) is 0. The summed E-state index contributed by atoms with van der Waals surface area (Å²) in [4.78, 5) is 46.6. The maximum absolute atomic E-state index is 15.3. The van der Waals surface area contributed by atoms with E-state index in [0.29, 0.717) is 9.40 Å². The molecular weight excluding hydrogens is 622 g/mol. The molecule has 4 rings (SSSR count). The minimum atomic E-state index is -1.11. The molecule has 2 N–H and O–H groups in total. The summed E-state index contributed by atoms with van der Waals surface area (Å²) in [5, 5.41) is 17.8. The number of carbonyl (C=O) groups is 4. The zero-order valence-corrected chi connectivity index (χ0v) is 24.9. The SMILES string of the molecule is COc1cc2sc(C(=O)CCC(=O)O)cc2c(F)c1OCC#CCOc1c(OC)cc2sc(C(=O)CCC(=O)O)cc2c1F. The molecule has 0 aliphatic heterocycles. The predicted octanol–water partition coefficient (Wildman–Crippen LogP) is 5.97. The van der Waals surface area contributed by atoms with Gasteiger partial charge in [0.25, 0.3) is 0 Å². The topological polar surface area (TPSA) is 146 Å². The molecule has 0 atom stereocenters. The summed E-state index contributed by atoms with van der Waals surface area (Å²) in [6, 6.07) is 5.69. The van der Waals surface area contributed by atoms with Crippen LogP contribution in [-0.4, -0.2) is 61.2 Å². The standard InChI is InChI=1S/C30H24F2O10S2/c1-39-19-13-21-15(11-23(43-21)17(33)5-7-25(35)36)27(31)29(19)41-9-3-4-10-42-30-20(40-2)14-22-16(28(30)32)12-24(44-22)18(34)6-8-26(37)38/h11-14H,5-10H2,1-2H3,(H,35,36)(H,37,38). The minimum absolute atomic E-state index is 0.0659. The van der Waals surface area contributed by atoms with Crippen molar-refractivity contribution in [1.29, 1.82) is 0 Å². The van der Waals surface area contributed by atoms with E-state index in [1.807, 2.05) is 0 Å². The molecule has 0 fully saturated rings. The van der Waals surface area contributed by atoms with Gasteiger partial charge in [0.2, 0.25) is 0 Å². The van der Waals surface area contributed by atoms with Crippen LogP contribution in [0.5, 0.6) is 23.0 Å². The Morgan fingerprint density at radius 3 is 1.41 bits per heavy atom. The zero-order valence-electron chi connectivity index (χ0n) is 23.3. The third-order valence-electron chi connectivity index (χ3n) is 6.19. The molecular formula is C30H24F2O10S2. The fourth-order valence-corrected chi connectivity index (χ4v) is 6.16. The summed E-state index contributed by atoms with van der Waals surface area (Å²) < 4.78 is 52.9. The van der Waals surface area contributed by atoms with Crippen LogP contribution in [0.15, 0.2) is 24.3 Å². The number of hydrogen-bond acceptors (Lipinski definition) is 10. The number of fused-ring (bicyclic) bond motifs is 2. The van der Waals surface area contributed by atoms with E-state index in [1.54, 1.807) is 0 Å². The first-order chi connectivity index (χ1) is 21.0. The Hall–Kier alpha value is -4.74. The second-order valence-electron chi connectivity index (χ2n) is 9.05. The smallest absolute Gasteiger partial charge is 0.303 e. The third-order valence-corrected chi connectivity index (χ3v) is 8.44. The summed E-state index contributed by atoms with van der Waals surface area (Å²) in [6.07, 6.45) is -1.10. The van der Waals surface area contributed by atoms with E-state index in [-0.39, 0.29) is 82.4 Å². The van der Waals surface area contributed by atoms with Gasteiger partial charge in [0.15, 0.2) is 46.2 Å². The molecule has 14 heteroatoms. The van der Waals surface area contributed by atoms with Crippen LogP contribution in [0.4, 0.5) is 8.78 Å². The van der Waals surface area contributed by atoms with E-state index in [1.165, 1.54) is 38.5 Å². The summed E-state index contributed by atoms with van der Waals surface area (Å²) in [6.45, 7) is -0.580. The van der Waals surface area contributed by atoms with Gasteiger partial charge < -0.3 is 29.2 Å². The predicted molar refractivity (Wildman–Crippen MR) is 158 cm³/mol. The molecule has 2 heterocycles. The number of hydrogen-bond donors (Lipinski definition) is 2. The molecule has 0 spiro atoms. The van der Waals surface area contributed by atoms with E-state index in [2.05, 4.69) is 11.8 Å².